The normalized spacial score (nSPS) is 11.7. The minimum Gasteiger partial charge on any atom is -0.252 e. The summed E-state index contributed by atoms with van der Waals surface area (Å²) in [5.74, 6) is 0.0423. The molecule has 0 spiro atoms. The average molecular weight is 333 g/mol. The van der Waals surface area contributed by atoms with E-state index in [4.69, 9.17) is 11.6 Å². The van der Waals surface area contributed by atoms with Crippen LogP contribution in [0.15, 0.2) is 53.6 Å². The highest BCUT2D eigenvalue weighted by molar-refractivity contribution is 7.91. The molecule has 0 aliphatic heterocycles. The Morgan fingerprint density at radius 1 is 1.09 bits per heavy atom. The molecule has 0 N–H and O–H groups in total. The first-order valence-electron chi connectivity index (χ1n) is 6.76. The van der Waals surface area contributed by atoms with Crippen molar-refractivity contribution in [2.45, 2.75) is 11.8 Å². The van der Waals surface area contributed by atoms with Crippen LogP contribution in [-0.4, -0.2) is 24.1 Å². The number of rotatable bonds is 3. The second-order valence-electron chi connectivity index (χ2n) is 4.79. The van der Waals surface area contributed by atoms with E-state index in [1.807, 2.05) is 0 Å². The first-order valence-corrected chi connectivity index (χ1v) is 8.79. The lowest BCUT2D eigenvalue weighted by Crippen LogP contribution is -2.06. The third-order valence-corrected chi connectivity index (χ3v) is 5.40. The van der Waals surface area contributed by atoms with E-state index in [1.165, 1.54) is 0 Å². The van der Waals surface area contributed by atoms with E-state index in [9.17, 15) is 8.42 Å². The summed E-state index contributed by atoms with van der Waals surface area (Å²) < 4.78 is 24.5. The van der Waals surface area contributed by atoms with Crippen LogP contribution in [0.4, 0.5) is 0 Å². The van der Waals surface area contributed by atoms with E-state index >= 15 is 0 Å². The van der Waals surface area contributed by atoms with Crippen LogP contribution < -0.4 is 0 Å². The van der Waals surface area contributed by atoms with Crippen LogP contribution in [0.3, 0.4) is 0 Å². The second-order valence-corrected chi connectivity index (χ2v) is 7.47. The van der Waals surface area contributed by atoms with E-state index in [0.29, 0.717) is 27.3 Å². The summed E-state index contributed by atoms with van der Waals surface area (Å²) >= 11 is 5.93. The molecule has 0 fully saturated rings. The minimum absolute atomic E-state index is 0.0423. The molecular formula is C16H13ClN2O2S. The summed E-state index contributed by atoms with van der Waals surface area (Å²) in [5, 5.41) is 0.587. The molecule has 1 aromatic heterocycles. The van der Waals surface area contributed by atoms with Gasteiger partial charge in [-0.1, -0.05) is 36.7 Å². The Bertz CT molecular complexity index is 955. The molecule has 0 bridgehead atoms. The fourth-order valence-corrected chi connectivity index (χ4v) is 3.49. The molecule has 0 unspecified atom stereocenters. The highest BCUT2D eigenvalue weighted by Gasteiger charge is 2.18. The fraction of sp³-hybridized carbons (Fsp3) is 0.125. The van der Waals surface area contributed by atoms with Crippen molar-refractivity contribution in [3.63, 3.8) is 0 Å². The van der Waals surface area contributed by atoms with E-state index in [2.05, 4.69) is 9.97 Å². The van der Waals surface area contributed by atoms with Crippen molar-refractivity contribution in [3.8, 4) is 11.3 Å². The Morgan fingerprint density at radius 3 is 2.64 bits per heavy atom. The molecular weight excluding hydrogens is 320 g/mol. The summed E-state index contributed by atoms with van der Waals surface area (Å²) in [6.45, 7) is 1.63. The van der Waals surface area contributed by atoms with E-state index in [-0.39, 0.29) is 10.6 Å². The summed E-state index contributed by atoms with van der Waals surface area (Å²) in [6, 6.07) is 12.1. The zero-order valence-corrected chi connectivity index (χ0v) is 13.4. The lowest BCUT2D eigenvalue weighted by atomic mass is 10.1. The van der Waals surface area contributed by atoms with Crippen LogP contribution >= 0.6 is 11.6 Å². The monoisotopic (exact) mass is 332 g/mol. The highest BCUT2D eigenvalue weighted by atomic mass is 35.5. The molecule has 0 saturated carbocycles. The van der Waals surface area contributed by atoms with Crippen LogP contribution in [0.25, 0.3) is 22.3 Å². The summed E-state index contributed by atoms with van der Waals surface area (Å²) in [6.07, 6.45) is 1.57. The zero-order valence-electron chi connectivity index (χ0n) is 11.8. The number of nitrogens with zero attached hydrogens (tertiary/aromatic N) is 2. The zero-order chi connectivity index (χ0) is 15.7. The largest absolute Gasteiger partial charge is 0.252 e. The molecule has 22 heavy (non-hydrogen) atoms. The van der Waals surface area contributed by atoms with Gasteiger partial charge in [-0.3, -0.25) is 4.98 Å². The molecule has 6 heteroatoms. The van der Waals surface area contributed by atoms with E-state index in [0.717, 1.165) is 0 Å². The van der Waals surface area contributed by atoms with Gasteiger partial charge in [0.15, 0.2) is 9.84 Å². The summed E-state index contributed by atoms with van der Waals surface area (Å²) in [7, 11) is -3.33. The minimum atomic E-state index is -3.33. The number of aromatic nitrogens is 2. The van der Waals surface area contributed by atoms with Gasteiger partial charge < -0.3 is 0 Å². The molecule has 3 rings (SSSR count). The third kappa shape index (κ3) is 2.69. The molecule has 0 radical (unpaired) electrons. The maximum atomic E-state index is 12.2. The molecule has 4 nitrogen and oxygen atoms in total. The Morgan fingerprint density at radius 2 is 1.86 bits per heavy atom. The lowest BCUT2D eigenvalue weighted by Gasteiger charge is -2.09. The average Bonchev–Trinajstić information content (AvgIpc) is 2.54. The number of benzene rings is 2. The number of fused-ring (bicyclic) bond motifs is 1. The van der Waals surface area contributed by atoms with Gasteiger partial charge in [0.1, 0.15) is 0 Å². The first-order chi connectivity index (χ1) is 10.5. The van der Waals surface area contributed by atoms with Gasteiger partial charge in [-0.15, -0.1) is 0 Å². The van der Waals surface area contributed by atoms with Gasteiger partial charge in [0.2, 0.25) is 0 Å². The maximum Gasteiger partial charge on any atom is 0.178 e. The predicted octanol–water partition coefficient (Wildman–Crippen LogP) is 3.74. The van der Waals surface area contributed by atoms with Crippen molar-refractivity contribution < 1.29 is 8.42 Å². The van der Waals surface area contributed by atoms with Crippen molar-refractivity contribution in [1.82, 2.24) is 9.97 Å². The standard InChI is InChI=1S/C16H13ClN2O2S/c1-2-22(20,21)16-6-4-3-5-12(16)15-10-18-14-9-11(17)7-8-13(14)19-15/h3-10H,2H2,1H3. The molecule has 0 amide bonds. The smallest absolute Gasteiger partial charge is 0.178 e. The molecule has 0 atom stereocenters. The van der Waals surface area contributed by atoms with Crippen molar-refractivity contribution >= 4 is 32.5 Å². The molecule has 0 saturated heterocycles. The van der Waals surface area contributed by atoms with Gasteiger partial charge in [0.05, 0.1) is 33.6 Å². The van der Waals surface area contributed by atoms with E-state index < -0.39 is 9.84 Å². The van der Waals surface area contributed by atoms with Crippen LogP contribution in [0.1, 0.15) is 6.92 Å². The first kappa shape index (κ1) is 14.9. The van der Waals surface area contributed by atoms with Gasteiger partial charge in [0, 0.05) is 10.6 Å². The third-order valence-electron chi connectivity index (χ3n) is 3.38. The highest BCUT2D eigenvalue weighted by Crippen LogP contribution is 2.27. The van der Waals surface area contributed by atoms with Crippen LogP contribution in [0.2, 0.25) is 5.02 Å². The van der Waals surface area contributed by atoms with Crippen LogP contribution in [0, 0.1) is 0 Å². The molecule has 3 aromatic rings. The van der Waals surface area contributed by atoms with Gasteiger partial charge in [-0.05, 0) is 24.3 Å². The number of halogens is 1. The Hall–Kier alpha value is -1.98. The van der Waals surface area contributed by atoms with Gasteiger partial charge in [-0.25, -0.2) is 13.4 Å². The maximum absolute atomic E-state index is 12.2. The summed E-state index contributed by atoms with van der Waals surface area (Å²) in [4.78, 5) is 9.11. The summed E-state index contributed by atoms with van der Waals surface area (Å²) in [5.41, 5.74) is 2.44. The number of hydrogen-bond donors (Lipinski definition) is 0. The van der Waals surface area contributed by atoms with E-state index in [1.54, 1.807) is 55.6 Å². The molecule has 112 valence electrons. The molecule has 0 aliphatic carbocycles. The van der Waals surface area contributed by atoms with Gasteiger partial charge in [0.25, 0.3) is 0 Å². The Balaban J connectivity index is 2.22. The molecule has 0 aliphatic rings. The Labute approximate surface area is 133 Å². The quantitative estimate of drug-likeness (QED) is 0.733. The predicted molar refractivity (Wildman–Crippen MR) is 87.7 cm³/mol. The molecule has 1 heterocycles. The SMILES string of the molecule is CCS(=O)(=O)c1ccccc1-c1cnc2cc(Cl)ccc2n1. The van der Waals surface area contributed by atoms with Gasteiger partial charge >= 0.3 is 0 Å². The topological polar surface area (TPSA) is 59.9 Å². The van der Waals surface area contributed by atoms with Gasteiger partial charge in [-0.2, -0.15) is 0 Å². The number of hydrogen-bond acceptors (Lipinski definition) is 4. The van der Waals surface area contributed by atoms with Crippen molar-refractivity contribution in [2.24, 2.45) is 0 Å². The number of sulfone groups is 1. The lowest BCUT2D eigenvalue weighted by molar-refractivity contribution is 0.597. The van der Waals surface area contributed by atoms with Crippen LogP contribution in [0.5, 0.6) is 0 Å². The van der Waals surface area contributed by atoms with Crippen LogP contribution in [-0.2, 0) is 9.84 Å². The molecule has 2 aromatic carbocycles. The van der Waals surface area contributed by atoms with Crippen molar-refractivity contribution in [1.29, 1.82) is 0 Å². The Kier molecular flexibility index (Phi) is 3.85. The van der Waals surface area contributed by atoms with Crippen molar-refractivity contribution in [2.75, 3.05) is 5.75 Å². The second kappa shape index (κ2) is 5.66. The van der Waals surface area contributed by atoms with Crippen molar-refractivity contribution in [3.05, 3.63) is 53.7 Å². The fourth-order valence-electron chi connectivity index (χ4n) is 2.22.